The van der Waals surface area contributed by atoms with E-state index in [1.54, 1.807) is 0 Å². The van der Waals surface area contributed by atoms with Crippen LogP contribution in [0.3, 0.4) is 0 Å². The summed E-state index contributed by atoms with van der Waals surface area (Å²) in [5.41, 5.74) is 5.72. The number of amides is 1. The first-order chi connectivity index (χ1) is 8.06. The van der Waals surface area contributed by atoms with Crippen molar-refractivity contribution in [1.29, 1.82) is 0 Å². The molecule has 0 saturated heterocycles. The maximum absolute atomic E-state index is 12.2. The van der Waals surface area contributed by atoms with E-state index in [0.29, 0.717) is 18.4 Å². The van der Waals surface area contributed by atoms with Crippen LogP contribution in [0.5, 0.6) is 0 Å². The van der Waals surface area contributed by atoms with E-state index in [0.717, 1.165) is 38.8 Å². The lowest BCUT2D eigenvalue weighted by Gasteiger charge is -2.25. The number of carbonyl (C=O) groups is 1. The molecule has 1 fully saturated rings. The summed E-state index contributed by atoms with van der Waals surface area (Å²) in [5.74, 6) is 0.903. The minimum Gasteiger partial charge on any atom is -0.345 e. The molecule has 0 spiro atoms. The van der Waals surface area contributed by atoms with Crippen molar-refractivity contribution in [2.24, 2.45) is 17.6 Å². The molecule has 17 heavy (non-hydrogen) atoms. The number of carbonyl (C=O) groups excluding carboxylic acids is 1. The SMILES string of the molecule is CN(C)CCCN(C)C(=O)C1CCCC1CN. The molecule has 1 amide bonds. The highest BCUT2D eigenvalue weighted by molar-refractivity contribution is 5.79. The number of rotatable bonds is 6. The Balaban J connectivity index is 2.35. The van der Waals surface area contributed by atoms with Crippen molar-refractivity contribution >= 4 is 5.91 Å². The largest absolute Gasteiger partial charge is 0.345 e. The topological polar surface area (TPSA) is 49.6 Å². The van der Waals surface area contributed by atoms with Crippen molar-refractivity contribution in [3.8, 4) is 0 Å². The monoisotopic (exact) mass is 241 g/mol. The van der Waals surface area contributed by atoms with Crippen molar-refractivity contribution in [2.45, 2.75) is 25.7 Å². The molecule has 2 unspecified atom stereocenters. The second-order valence-corrected chi connectivity index (χ2v) is 5.45. The maximum atomic E-state index is 12.2. The third kappa shape index (κ3) is 4.28. The van der Waals surface area contributed by atoms with Crippen LogP contribution in [0.15, 0.2) is 0 Å². The van der Waals surface area contributed by atoms with Crippen LogP contribution >= 0.6 is 0 Å². The van der Waals surface area contributed by atoms with E-state index >= 15 is 0 Å². The summed E-state index contributed by atoms with van der Waals surface area (Å²) in [7, 11) is 6.04. The molecular weight excluding hydrogens is 214 g/mol. The molecule has 0 heterocycles. The molecule has 0 radical (unpaired) electrons. The van der Waals surface area contributed by atoms with E-state index in [1.165, 1.54) is 0 Å². The average molecular weight is 241 g/mol. The van der Waals surface area contributed by atoms with Crippen LogP contribution in [0.2, 0.25) is 0 Å². The fourth-order valence-corrected chi connectivity index (χ4v) is 2.66. The zero-order valence-electron chi connectivity index (χ0n) is 11.5. The van der Waals surface area contributed by atoms with Gasteiger partial charge in [-0.15, -0.1) is 0 Å². The van der Waals surface area contributed by atoms with Crippen molar-refractivity contribution in [3.05, 3.63) is 0 Å². The Bertz CT molecular complexity index is 243. The van der Waals surface area contributed by atoms with Crippen LogP contribution in [0, 0.1) is 11.8 Å². The van der Waals surface area contributed by atoms with E-state index in [2.05, 4.69) is 19.0 Å². The number of hydrogen-bond donors (Lipinski definition) is 1. The van der Waals surface area contributed by atoms with Crippen molar-refractivity contribution in [1.82, 2.24) is 9.80 Å². The van der Waals surface area contributed by atoms with Crippen LogP contribution in [0.25, 0.3) is 0 Å². The molecule has 2 atom stereocenters. The second-order valence-electron chi connectivity index (χ2n) is 5.45. The molecule has 0 aromatic rings. The molecule has 1 saturated carbocycles. The van der Waals surface area contributed by atoms with Crippen molar-refractivity contribution in [2.75, 3.05) is 40.8 Å². The van der Waals surface area contributed by atoms with Gasteiger partial charge in [0.05, 0.1) is 0 Å². The summed E-state index contributed by atoms with van der Waals surface area (Å²) in [6, 6.07) is 0. The van der Waals surface area contributed by atoms with Gasteiger partial charge in [-0.3, -0.25) is 4.79 Å². The molecule has 0 bridgehead atoms. The van der Waals surface area contributed by atoms with Gasteiger partial charge in [-0.25, -0.2) is 0 Å². The van der Waals surface area contributed by atoms with Crippen LogP contribution in [0.1, 0.15) is 25.7 Å². The lowest BCUT2D eigenvalue weighted by molar-refractivity contribution is -0.135. The van der Waals surface area contributed by atoms with Gasteiger partial charge in [0.1, 0.15) is 0 Å². The highest BCUT2D eigenvalue weighted by Crippen LogP contribution is 2.32. The summed E-state index contributed by atoms with van der Waals surface area (Å²) in [6.07, 6.45) is 4.34. The predicted molar refractivity (Wildman–Crippen MR) is 70.7 cm³/mol. The number of hydrogen-bond acceptors (Lipinski definition) is 3. The first-order valence-electron chi connectivity index (χ1n) is 6.66. The second kappa shape index (κ2) is 6.97. The lowest BCUT2D eigenvalue weighted by Crippen LogP contribution is -2.37. The summed E-state index contributed by atoms with van der Waals surface area (Å²) in [6.45, 7) is 2.54. The number of nitrogens with two attached hydrogens (primary N) is 1. The molecule has 1 aliphatic carbocycles. The van der Waals surface area contributed by atoms with Crippen LogP contribution in [-0.2, 0) is 4.79 Å². The third-order valence-corrected chi connectivity index (χ3v) is 3.75. The van der Waals surface area contributed by atoms with Gasteiger partial charge in [0, 0.05) is 19.5 Å². The standard InChI is InChI=1S/C13H27N3O/c1-15(2)8-5-9-16(3)13(17)12-7-4-6-11(12)10-14/h11-12H,4-10,14H2,1-3H3. The zero-order chi connectivity index (χ0) is 12.8. The first-order valence-corrected chi connectivity index (χ1v) is 6.66. The van der Waals surface area contributed by atoms with Gasteiger partial charge < -0.3 is 15.5 Å². The number of nitrogens with zero attached hydrogens (tertiary/aromatic N) is 2. The zero-order valence-corrected chi connectivity index (χ0v) is 11.5. The Labute approximate surface area is 105 Å². The van der Waals surface area contributed by atoms with Gasteiger partial charge in [0.25, 0.3) is 0 Å². The first kappa shape index (κ1) is 14.5. The third-order valence-electron chi connectivity index (χ3n) is 3.75. The summed E-state index contributed by atoms with van der Waals surface area (Å²) < 4.78 is 0. The van der Waals surface area contributed by atoms with Gasteiger partial charge >= 0.3 is 0 Å². The maximum Gasteiger partial charge on any atom is 0.225 e. The molecule has 0 aliphatic heterocycles. The molecule has 4 heteroatoms. The van der Waals surface area contributed by atoms with Crippen molar-refractivity contribution < 1.29 is 4.79 Å². The van der Waals surface area contributed by atoms with Gasteiger partial charge in [-0.2, -0.15) is 0 Å². The average Bonchev–Trinajstić information content (AvgIpc) is 2.75. The highest BCUT2D eigenvalue weighted by Gasteiger charge is 2.33. The Morgan fingerprint density at radius 2 is 1.94 bits per heavy atom. The molecule has 1 aliphatic rings. The Morgan fingerprint density at radius 3 is 2.53 bits per heavy atom. The molecule has 4 nitrogen and oxygen atoms in total. The van der Waals surface area contributed by atoms with Gasteiger partial charge in [0.2, 0.25) is 5.91 Å². The highest BCUT2D eigenvalue weighted by atomic mass is 16.2. The van der Waals surface area contributed by atoms with E-state index in [1.807, 2.05) is 11.9 Å². The van der Waals surface area contributed by atoms with Gasteiger partial charge in [0.15, 0.2) is 0 Å². The predicted octanol–water partition coefficient (Wildman–Crippen LogP) is 0.772. The minimum atomic E-state index is 0.185. The summed E-state index contributed by atoms with van der Waals surface area (Å²) in [4.78, 5) is 16.3. The lowest BCUT2D eigenvalue weighted by atomic mass is 9.95. The molecule has 2 N–H and O–H groups in total. The molecule has 0 aromatic carbocycles. The van der Waals surface area contributed by atoms with Gasteiger partial charge in [-0.05, 0) is 52.4 Å². The quantitative estimate of drug-likeness (QED) is 0.747. The van der Waals surface area contributed by atoms with E-state index in [4.69, 9.17) is 5.73 Å². The Morgan fingerprint density at radius 1 is 1.24 bits per heavy atom. The van der Waals surface area contributed by atoms with Crippen LogP contribution < -0.4 is 5.73 Å². The normalized spacial score (nSPS) is 24.3. The minimum absolute atomic E-state index is 0.185. The fraction of sp³-hybridized carbons (Fsp3) is 0.923. The van der Waals surface area contributed by atoms with Crippen LogP contribution in [-0.4, -0.2) is 56.5 Å². The molecule has 0 aromatic heterocycles. The van der Waals surface area contributed by atoms with E-state index in [-0.39, 0.29) is 5.92 Å². The molecule has 1 rings (SSSR count). The summed E-state index contributed by atoms with van der Waals surface area (Å²) in [5, 5.41) is 0. The molecular formula is C13H27N3O. The summed E-state index contributed by atoms with van der Waals surface area (Å²) >= 11 is 0. The van der Waals surface area contributed by atoms with Crippen molar-refractivity contribution in [3.63, 3.8) is 0 Å². The Hall–Kier alpha value is -0.610. The van der Waals surface area contributed by atoms with E-state index < -0.39 is 0 Å². The smallest absolute Gasteiger partial charge is 0.225 e. The fourth-order valence-electron chi connectivity index (χ4n) is 2.66. The van der Waals surface area contributed by atoms with E-state index in [9.17, 15) is 4.79 Å². The van der Waals surface area contributed by atoms with Crippen LogP contribution in [0.4, 0.5) is 0 Å². The Kier molecular flexibility index (Phi) is 5.92. The van der Waals surface area contributed by atoms with Gasteiger partial charge in [-0.1, -0.05) is 6.42 Å². The molecule has 100 valence electrons.